The largest absolute Gasteiger partial charge is 0.480 e. The molecule has 0 spiro atoms. The van der Waals surface area contributed by atoms with Crippen LogP contribution in [0.4, 0.5) is 0 Å². The summed E-state index contributed by atoms with van der Waals surface area (Å²) in [4.78, 5) is 33.8. The number of carboxylic acid groups (broad SMARTS) is 1. The fourth-order valence-corrected chi connectivity index (χ4v) is 1.80. The number of rotatable bonds is 5. The molecule has 6 heteroatoms. The molecule has 0 radical (unpaired) electrons. The number of aliphatic carboxylic acids is 1. The first-order valence-corrected chi connectivity index (χ1v) is 5.71. The molecule has 4 N–H and O–H groups in total. The summed E-state index contributed by atoms with van der Waals surface area (Å²) in [5.41, 5.74) is 6.84. The summed E-state index contributed by atoms with van der Waals surface area (Å²) < 4.78 is 0. The lowest BCUT2D eigenvalue weighted by Crippen LogP contribution is -2.43. The van der Waals surface area contributed by atoms with Gasteiger partial charge in [-0.2, -0.15) is 0 Å². The van der Waals surface area contributed by atoms with Crippen LogP contribution < -0.4 is 11.1 Å². The minimum Gasteiger partial charge on any atom is -0.480 e. The lowest BCUT2D eigenvalue weighted by atomic mass is 10.0. The van der Waals surface area contributed by atoms with Crippen molar-refractivity contribution in [1.82, 2.24) is 5.32 Å². The van der Waals surface area contributed by atoms with Gasteiger partial charge in [0.15, 0.2) is 0 Å². The number of nitrogens with two attached hydrogens (primary N) is 1. The summed E-state index contributed by atoms with van der Waals surface area (Å²) >= 11 is 0. The van der Waals surface area contributed by atoms with Crippen LogP contribution in [0.3, 0.4) is 0 Å². The van der Waals surface area contributed by atoms with Crippen LogP contribution in [-0.2, 0) is 9.59 Å². The molecule has 0 bridgehead atoms. The Kier molecular flexibility index (Phi) is 4.63. The van der Waals surface area contributed by atoms with Gasteiger partial charge in [0.1, 0.15) is 6.04 Å². The van der Waals surface area contributed by atoms with Crippen molar-refractivity contribution < 1.29 is 19.5 Å². The van der Waals surface area contributed by atoms with E-state index in [2.05, 4.69) is 5.32 Å². The molecule has 0 aliphatic rings. The number of amides is 2. The molecule has 1 aromatic rings. The van der Waals surface area contributed by atoms with E-state index in [-0.39, 0.29) is 0 Å². The van der Waals surface area contributed by atoms with E-state index in [1.807, 2.05) is 0 Å². The highest BCUT2D eigenvalue weighted by molar-refractivity contribution is 5.99. The van der Waals surface area contributed by atoms with Crippen molar-refractivity contribution in [2.45, 2.75) is 26.3 Å². The fraction of sp³-hybridized carbons (Fsp3) is 0.308. The van der Waals surface area contributed by atoms with E-state index in [0.29, 0.717) is 5.56 Å². The Morgan fingerprint density at radius 1 is 1.26 bits per heavy atom. The maximum absolute atomic E-state index is 12.1. The number of carboxylic acids is 1. The Morgan fingerprint density at radius 3 is 2.21 bits per heavy atom. The fourth-order valence-electron chi connectivity index (χ4n) is 1.80. The van der Waals surface area contributed by atoms with Gasteiger partial charge in [0, 0.05) is 5.56 Å². The zero-order valence-corrected chi connectivity index (χ0v) is 10.8. The minimum absolute atomic E-state index is 0.415. The molecule has 0 aliphatic heterocycles. The number of aryl methyl sites for hydroxylation is 2. The molecule has 1 rings (SSSR count). The SMILES string of the molecule is Cc1cccc(C)c1C(=O)N[C@@H](CC(N)=O)C(=O)O. The quantitative estimate of drug-likeness (QED) is 0.713. The van der Waals surface area contributed by atoms with E-state index in [0.717, 1.165) is 11.1 Å². The first-order valence-electron chi connectivity index (χ1n) is 5.71. The van der Waals surface area contributed by atoms with Crippen LogP contribution >= 0.6 is 0 Å². The van der Waals surface area contributed by atoms with Crippen molar-refractivity contribution in [1.29, 1.82) is 0 Å². The van der Waals surface area contributed by atoms with E-state index in [1.165, 1.54) is 0 Å². The number of carbonyl (C=O) groups excluding carboxylic acids is 2. The van der Waals surface area contributed by atoms with E-state index in [1.54, 1.807) is 32.0 Å². The summed E-state index contributed by atoms with van der Waals surface area (Å²) in [6.45, 7) is 3.51. The summed E-state index contributed by atoms with van der Waals surface area (Å²) in [5.74, 6) is -2.60. The number of hydrogen-bond acceptors (Lipinski definition) is 3. The second kappa shape index (κ2) is 5.99. The molecule has 0 saturated carbocycles. The van der Waals surface area contributed by atoms with Gasteiger partial charge >= 0.3 is 5.97 Å². The van der Waals surface area contributed by atoms with Crippen LogP contribution in [0.25, 0.3) is 0 Å². The van der Waals surface area contributed by atoms with Gasteiger partial charge in [0.05, 0.1) is 6.42 Å². The van der Waals surface area contributed by atoms with Gasteiger partial charge in [0.25, 0.3) is 5.91 Å². The number of hydrogen-bond donors (Lipinski definition) is 3. The molecule has 6 nitrogen and oxygen atoms in total. The highest BCUT2D eigenvalue weighted by Gasteiger charge is 2.23. The van der Waals surface area contributed by atoms with Gasteiger partial charge in [-0.25, -0.2) is 4.79 Å². The Morgan fingerprint density at radius 2 is 1.79 bits per heavy atom. The highest BCUT2D eigenvalue weighted by Crippen LogP contribution is 2.13. The van der Waals surface area contributed by atoms with E-state index >= 15 is 0 Å². The maximum Gasteiger partial charge on any atom is 0.326 e. The molecule has 0 aliphatic carbocycles. The second-order valence-corrected chi connectivity index (χ2v) is 4.30. The predicted octanol–water partition coefficient (Wildman–Crippen LogP) is 0.362. The molecular weight excluding hydrogens is 248 g/mol. The number of carbonyl (C=O) groups is 3. The van der Waals surface area contributed by atoms with E-state index in [4.69, 9.17) is 10.8 Å². The molecule has 0 heterocycles. The van der Waals surface area contributed by atoms with Crippen LogP contribution in [0.1, 0.15) is 27.9 Å². The smallest absolute Gasteiger partial charge is 0.326 e. The third-order valence-corrected chi connectivity index (χ3v) is 2.72. The number of benzene rings is 1. The average molecular weight is 264 g/mol. The van der Waals surface area contributed by atoms with Crippen molar-refractivity contribution in [2.75, 3.05) is 0 Å². The maximum atomic E-state index is 12.1. The third-order valence-electron chi connectivity index (χ3n) is 2.72. The van der Waals surface area contributed by atoms with Gasteiger partial charge < -0.3 is 16.2 Å². The van der Waals surface area contributed by atoms with Crippen LogP contribution in [-0.4, -0.2) is 28.9 Å². The molecule has 1 atom stereocenters. The van der Waals surface area contributed by atoms with Crippen molar-refractivity contribution in [2.24, 2.45) is 5.73 Å². The van der Waals surface area contributed by atoms with Crippen molar-refractivity contribution in [3.05, 3.63) is 34.9 Å². The van der Waals surface area contributed by atoms with Gasteiger partial charge in [0.2, 0.25) is 5.91 Å². The summed E-state index contributed by atoms with van der Waals surface area (Å²) in [5, 5.41) is 11.2. The molecular formula is C13H16N2O4. The first kappa shape index (κ1) is 14.7. The molecule has 102 valence electrons. The normalized spacial score (nSPS) is 11.7. The zero-order valence-electron chi connectivity index (χ0n) is 10.8. The standard InChI is InChI=1S/C13H16N2O4/c1-7-4-3-5-8(2)11(7)12(17)15-9(13(18)19)6-10(14)16/h3-5,9H,6H2,1-2H3,(H2,14,16)(H,15,17)(H,18,19)/t9-/m0/s1. The highest BCUT2D eigenvalue weighted by atomic mass is 16.4. The van der Waals surface area contributed by atoms with Crippen LogP contribution in [0.15, 0.2) is 18.2 Å². The van der Waals surface area contributed by atoms with Crippen LogP contribution in [0, 0.1) is 13.8 Å². The zero-order chi connectivity index (χ0) is 14.6. The molecule has 0 fully saturated rings. The lowest BCUT2D eigenvalue weighted by Gasteiger charge is -2.15. The first-order chi connectivity index (χ1) is 8.82. The monoisotopic (exact) mass is 264 g/mol. The van der Waals surface area contributed by atoms with E-state index in [9.17, 15) is 14.4 Å². The molecule has 1 aromatic carbocycles. The lowest BCUT2D eigenvalue weighted by molar-refractivity contribution is -0.140. The molecule has 2 amide bonds. The van der Waals surface area contributed by atoms with Gasteiger partial charge in [-0.3, -0.25) is 9.59 Å². The van der Waals surface area contributed by atoms with E-state index < -0.39 is 30.2 Å². The number of nitrogens with one attached hydrogen (secondary N) is 1. The van der Waals surface area contributed by atoms with Crippen molar-refractivity contribution >= 4 is 17.8 Å². The van der Waals surface area contributed by atoms with Gasteiger partial charge in [-0.05, 0) is 25.0 Å². The summed E-state index contributed by atoms with van der Waals surface area (Å²) in [6.07, 6.45) is -0.438. The van der Waals surface area contributed by atoms with Crippen molar-refractivity contribution in [3.8, 4) is 0 Å². The average Bonchev–Trinajstić information content (AvgIpc) is 2.27. The molecule has 0 unspecified atom stereocenters. The molecule has 0 saturated heterocycles. The Labute approximate surface area is 110 Å². The van der Waals surface area contributed by atoms with Crippen molar-refractivity contribution in [3.63, 3.8) is 0 Å². The topological polar surface area (TPSA) is 109 Å². The Balaban J connectivity index is 2.94. The number of primary amides is 1. The Bertz CT molecular complexity index is 505. The molecule has 19 heavy (non-hydrogen) atoms. The third kappa shape index (κ3) is 3.80. The summed E-state index contributed by atoms with van der Waals surface area (Å²) in [6, 6.07) is 4.00. The van der Waals surface area contributed by atoms with Crippen LogP contribution in [0.5, 0.6) is 0 Å². The Hall–Kier alpha value is -2.37. The predicted molar refractivity (Wildman–Crippen MR) is 68.6 cm³/mol. The summed E-state index contributed by atoms with van der Waals surface area (Å²) in [7, 11) is 0. The van der Waals surface area contributed by atoms with Gasteiger partial charge in [-0.1, -0.05) is 18.2 Å². The minimum atomic E-state index is -1.32. The van der Waals surface area contributed by atoms with Gasteiger partial charge in [-0.15, -0.1) is 0 Å². The molecule has 0 aromatic heterocycles. The van der Waals surface area contributed by atoms with Crippen LogP contribution in [0.2, 0.25) is 0 Å². The second-order valence-electron chi connectivity index (χ2n) is 4.30.